The van der Waals surface area contributed by atoms with Gasteiger partial charge in [0.05, 0.1) is 6.61 Å². The number of carbonyl (C=O) groups excluding carboxylic acids is 1. The number of nitrogens with one attached hydrogen (secondary N) is 1. The van der Waals surface area contributed by atoms with Crippen LogP contribution in [0.4, 0.5) is 0 Å². The quantitative estimate of drug-likeness (QED) is 0.615. The summed E-state index contributed by atoms with van der Waals surface area (Å²) in [6.45, 7) is 2.00. The molecule has 1 heterocycles. The summed E-state index contributed by atoms with van der Waals surface area (Å²) in [5.41, 5.74) is 0.0814. The topological polar surface area (TPSA) is 59.9 Å². The van der Waals surface area contributed by atoms with Gasteiger partial charge in [-0.15, -0.1) is 0 Å². The third-order valence-electron chi connectivity index (χ3n) is 1.45. The normalized spacial score (nSPS) is 9.86. The van der Waals surface area contributed by atoms with Gasteiger partial charge in [0, 0.05) is 7.05 Å². The minimum absolute atomic E-state index is 0.0814. The van der Waals surface area contributed by atoms with Crippen molar-refractivity contribution in [3.63, 3.8) is 0 Å². The monoisotopic (exact) mass is 231 g/mol. The van der Waals surface area contributed by atoms with Gasteiger partial charge in [-0.1, -0.05) is 12.2 Å². The zero-order chi connectivity index (χ0) is 10.7. The van der Waals surface area contributed by atoms with Crippen molar-refractivity contribution in [2.75, 3.05) is 6.61 Å². The molecule has 0 fully saturated rings. The number of hydrogen-bond acceptors (Lipinski definition) is 5. The second kappa shape index (κ2) is 4.43. The molecule has 0 atom stereocenters. The summed E-state index contributed by atoms with van der Waals surface area (Å²) in [6, 6.07) is 0. The van der Waals surface area contributed by atoms with Crippen LogP contribution in [0.3, 0.4) is 0 Å². The van der Waals surface area contributed by atoms with Crippen LogP contribution in [0, 0.1) is 9.41 Å². The number of rotatable bonds is 2. The minimum atomic E-state index is -0.542. The second-order valence-electron chi connectivity index (χ2n) is 2.45. The molecular weight excluding hydrogens is 222 g/mol. The Balaban J connectivity index is 3.23. The third-order valence-corrected chi connectivity index (χ3v) is 2.11. The highest BCUT2D eigenvalue weighted by Gasteiger charge is 2.11. The Kier molecular flexibility index (Phi) is 3.48. The minimum Gasteiger partial charge on any atom is -0.461 e. The van der Waals surface area contributed by atoms with Crippen LogP contribution in [0.25, 0.3) is 0 Å². The van der Waals surface area contributed by atoms with Gasteiger partial charge in [0.2, 0.25) is 5.69 Å². The van der Waals surface area contributed by atoms with Gasteiger partial charge in [-0.3, -0.25) is 0 Å². The summed E-state index contributed by atoms with van der Waals surface area (Å²) < 4.78 is 6.69. The van der Waals surface area contributed by atoms with E-state index in [9.17, 15) is 4.79 Å². The van der Waals surface area contributed by atoms with Crippen molar-refractivity contribution in [3.05, 3.63) is 15.1 Å². The van der Waals surface area contributed by atoms with Gasteiger partial charge in [0.1, 0.15) is 4.64 Å². The van der Waals surface area contributed by atoms with Crippen LogP contribution in [-0.2, 0) is 11.8 Å². The van der Waals surface area contributed by atoms with E-state index in [0.29, 0.717) is 4.77 Å². The lowest BCUT2D eigenvalue weighted by molar-refractivity contribution is 0.0515. The molecule has 1 rings (SSSR count). The fourth-order valence-corrected chi connectivity index (χ4v) is 1.24. The van der Waals surface area contributed by atoms with E-state index in [0.717, 1.165) is 0 Å². The number of esters is 1. The maximum atomic E-state index is 11.3. The van der Waals surface area contributed by atoms with Crippen LogP contribution in [0.5, 0.6) is 0 Å². The predicted molar refractivity (Wildman–Crippen MR) is 55.2 cm³/mol. The van der Waals surface area contributed by atoms with Crippen molar-refractivity contribution in [2.45, 2.75) is 6.92 Å². The SMILES string of the molecule is CCOC(=O)c1nn(C)c(=S)[nH]c1=S. The Labute approximate surface area is 90.7 Å². The van der Waals surface area contributed by atoms with Crippen LogP contribution in [0.1, 0.15) is 17.4 Å². The summed E-state index contributed by atoms with van der Waals surface area (Å²) in [5.74, 6) is -0.542. The first-order valence-corrected chi connectivity index (χ1v) is 4.72. The Morgan fingerprint density at radius 2 is 2.29 bits per heavy atom. The van der Waals surface area contributed by atoms with Crippen molar-refractivity contribution < 1.29 is 9.53 Å². The van der Waals surface area contributed by atoms with Gasteiger partial charge in [-0.05, 0) is 19.1 Å². The first kappa shape index (κ1) is 11.0. The molecule has 0 saturated heterocycles. The molecule has 5 nitrogen and oxygen atoms in total. The average Bonchev–Trinajstić information content (AvgIpc) is 2.11. The van der Waals surface area contributed by atoms with E-state index in [1.54, 1.807) is 14.0 Å². The molecule has 1 aromatic heterocycles. The smallest absolute Gasteiger partial charge is 0.361 e. The van der Waals surface area contributed by atoms with Crippen LogP contribution >= 0.6 is 24.4 Å². The molecule has 0 aliphatic heterocycles. The maximum Gasteiger partial charge on any atom is 0.361 e. The summed E-state index contributed by atoms with van der Waals surface area (Å²) in [7, 11) is 1.62. The summed E-state index contributed by atoms with van der Waals surface area (Å²) in [5, 5.41) is 3.89. The fraction of sp³-hybridized carbons (Fsp3) is 0.429. The lowest BCUT2D eigenvalue weighted by atomic mass is 10.5. The molecule has 1 aromatic rings. The van der Waals surface area contributed by atoms with Crippen molar-refractivity contribution in [2.24, 2.45) is 7.05 Å². The highest BCUT2D eigenvalue weighted by molar-refractivity contribution is 7.72. The van der Waals surface area contributed by atoms with E-state index >= 15 is 0 Å². The Hall–Kier alpha value is -1.08. The number of ether oxygens (including phenoxy) is 1. The van der Waals surface area contributed by atoms with Gasteiger partial charge in [0.15, 0.2) is 4.77 Å². The van der Waals surface area contributed by atoms with Crippen molar-refractivity contribution in [1.82, 2.24) is 14.8 Å². The molecule has 0 spiro atoms. The molecule has 1 N–H and O–H groups in total. The molecule has 0 radical (unpaired) electrons. The molecule has 0 amide bonds. The third kappa shape index (κ3) is 2.24. The molecule has 0 unspecified atom stereocenters. The first-order chi connectivity index (χ1) is 6.56. The molecule has 0 aliphatic carbocycles. The van der Waals surface area contributed by atoms with E-state index in [-0.39, 0.29) is 16.9 Å². The largest absolute Gasteiger partial charge is 0.461 e. The van der Waals surface area contributed by atoms with Crippen molar-refractivity contribution in [3.8, 4) is 0 Å². The average molecular weight is 231 g/mol. The van der Waals surface area contributed by atoms with Crippen LogP contribution in [-0.4, -0.2) is 27.3 Å². The Morgan fingerprint density at radius 1 is 1.64 bits per heavy atom. The number of hydrogen-bond donors (Lipinski definition) is 1. The molecule has 0 aromatic carbocycles. The highest BCUT2D eigenvalue weighted by Crippen LogP contribution is 1.98. The number of aryl methyl sites for hydroxylation is 1. The lowest BCUT2D eigenvalue weighted by Crippen LogP contribution is -2.14. The van der Waals surface area contributed by atoms with E-state index in [2.05, 4.69) is 10.1 Å². The van der Waals surface area contributed by atoms with Gasteiger partial charge >= 0.3 is 5.97 Å². The van der Waals surface area contributed by atoms with Crippen LogP contribution in [0.15, 0.2) is 0 Å². The van der Waals surface area contributed by atoms with Gasteiger partial charge in [0.25, 0.3) is 0 Å². The zero-order valence-corrected chi connectivity index (χ0v) is 9.37. The van der Waals surface area contributed by atoms with E-state index in [4.69, 9.17) is 29.2 Å². The number of aromatic amines is 1. The van der Waals surface area contributed by atoms with Gasteiger partial charge in [-0.25, -0.2) is 9.48 Å². The van der Waals surface area contributed by atoms with E-state index in [1.807, 2.05) is 0 Å². The molecule has 76 valence electrons. The van der Waals surface area contributed by atoms with Crippen molar-refractivity contribution >= 4 is 30.4 Å². The van der Waals surface area contributed by atoms with Crippen molar-refractivity contribution in [1.29, 1.82) is 0 Å². The number of carbonyl (C=O) groups is 1. The summed E-state index contributed by atoms with van der Waals surface area (Å²) in [4.78, 5) is 14.0. The number of aromatic nitrogens is 3. The molecule has 0 saturated carbocycles. The van der Waals surface area contributed by atoms with Crippen LogP contribution in [0.2, 0.25) is 0 Å². The molecule has 0 aliphatic rings. The fourth-order valence-electron chi connectivity index (χ4n) is 0.811. The molecule has 14 heavy (non-hydrogen) atoms. The Bertz CT molecular complexity index is 463. The van der Waals surface area contributed by atoms with Gasteiger partial charge in [-0.2, -0.15) is 5.10 Å². The molecule has 7 heteroatoms. The lowest BCUT2D eigenvalue weighted by Gasteiger charge is -2.03. The maximum absolute atomic E-state index is 11.3. The second-order valence-corrected chi connectivity index (χ2v) is 3.25. The van der Waals surface area contributed by atoms with E-state index in [1.165, 1.54) is 4.68 Å². The predicted octanol–water partition coefficient (Wildman–Crippen LogP) is 1.38. The molecule has 0 bridgehead atoms. The van der Waals surface area contributed by atoms with E-state index < -0.39 is 5.97 Å². The first-order valence-electron chi connectivity index (χ1n) is 3.91. The Morgan fingerprint density at radius 3 is 2.86 bits per heavy atom. The van der Waals surface area contributed by atoms with Gasteiger partial charge < -0.3 is 9.72 Å². The molecular formula is C7H9N3O2S2. The zero-order valence-electron chi connectivity index (χ0n) is 7.73. The number of nitrogens with zero attached hydrogens (tertiary/aromatic N) is 2. The summed E-state index contributed by atoms with van der Waals surface area (Å²) in [6.07, 6.45) is 0. The standard InChI is InChI=1S/C7H9N3O2S2/c1-3-12-6(11)4-5(13)8-7(14)10(2)9-4/h3H2,1-2H3,(H,8,13,14). The highest BCUT2D eigenvalue weighted by atomic mass is 32.1. The van der Waals surface area contributed by atoms with Crippen LogP contribution < -0.4 is 0 Å². The summed E-state index contributed by atoms with van der Waals surface area (Å²) >= 11 is 9.77. The number of H-pyrrole nitrogens is 1.